The van der Waals surface area contributed by atoms with Crippen LogP contribution in [-0.4, -0.2) is 7.11 Å². The minimum absolute atomic E-state index is 0.0191. The van der Waals surface area contributed by atoms with Gasteiger partial charge in [0.2, 0.25) is 0 Å². The smallest absolute Gasteiger partial charge is 0.122 e. The zero-order chi connectivity index (χ0) is 14.7. The fourth-order valence-electron chi connectivity index (χ4n) is 2.39. The summed E-state index contributed by atoms with van der Waals surface area (Å²) >= 11 is 2.31. The van der Waals surface area contributed by atoms with Crippen LogP contribution < -0.4 is 16.0 Å². The summed E-state index contributed by atoms with van der Waals surface area (Å²) in [7, 11) is 1.69. The van der Waals surface area contributed by atoms with Crippen molar-refractivity contribution in [1.82, 2.24) is 5.43 Å². The average molecular weight is 382 g/mol. The molecule has 3 N–H and O–H groups in total. The van der Waals surface area contributed by atoms with E-state index in [-0.39, 0.29) is 6.04 Å². The van der Waals surface area contributed by atoms with E-state index in [0.717, 1.165) is 22.4 Å². The van der Waals surface area contributed by atoms with Gasteiger partial charge in [-0.25, -0.2) is 5.43 Å². The van der Waals surface area contributed by atoms with E-state index in [0.29, 0.717) is 0 Å². The summed E-state index contributed by atoms with van der Waals surface area (Å²) in [5, 5.41) is 0. The third-order valence-corrected chi connectivity index (χ3v) is 4.11. The quantitative estimate of drug-likeness (QED) is 0.484. The highest BCUT2D eigenvalue weighted by molar-refractivity contribution is 14.1. The summed E-state index contributed by atoms with van der Waals surface area (Å²) in [6, 6.07) is 12.5. The molecule has 106 valence electrons. The Morgan fingerprint density at radius 1 is 1.15 bits per heavy atom. The Hall–Kier alpha value is -1.11. The molecule has 1 unspecified atom stereocenters. The zero-order valence-corrected chi connectivity index (χ0v) is 14.1. The molecule has 0 aliphatic rings. The van der Waals surface area contributed by atoms with Gasteiger partial charge in [-0.2, -0.15) is 0 Å². The van der Waals surface area contributed by atoms with Gasteiger partial charge in [-0.1, -0.05) is 18.2 Å². The van der Waals surface area contributed by atoms with Gasteiger partial charge in [-0.3, -0.25) is 5.84 Å². The molecule has 0 saturated carbocycles. The Kier molecular flexibility index (Phi) is 5.01. The third-order valence-electron chi connectivity index (χ3n) is 3.44. The average Bonchev–Trinajstić information content (AvgIpc) is 2.43. The van der Waals surface area contributed by atoms with Crippen LogP contribution in [0.2, 0.25) is 0 Å². The van der Waals surface area contributed by atoms with Gasteiger partial charge in [-0.05, 0) is 76.9 Å². The second-order valence-corrected chi connectivity index (χ2v) is 6.08. The molecular weight excluding hydrogens is 363 g/mol. The van der Waals surface area contributed by atoms with E-state index >= 15 is 0 Å². The van der Waals surface area contributed by atoms with Gasteiger partial charge in [0.05, 0.1) is 13.2 Å². The Morgan fingerprint density at radius 3 is 2.50 bits per heavy atom. The van der Waals surface area contributed by atoms with Crippen LogP contribution in [0.15, 0.2) is 36.4 Å². The Balaban J connectivity index is 2.49. The van der Waals surface area contributed by atoms with Crippen molar-refractivity contribution in [3.63, 3.8) is 0 Å². The molecule has 0 aliphatic carbocycles. The van der Waals surface area contributed by atoms with E-state index in [9.17, 15) is 0 Å². The van der Waals surface area contributed by atoms with Crippen LogP contribution in [0.25, 0.3) is 0 Å². The normalized spacial score (nSPS) is 12.2. The maximum absolute atomic E-state index is 5.79. The van der Waals surface area contributed by atoms with E-state index in [1.807, 2.05) is 13.0 Å². The number of nitrogens with two attached hydrogens (primary N) is 1. The van der Waals surface area contributed by atoms with Gasteiger partial charge in [-0.15, -0.1) is 0 Å². The van der Waals surface area contributed by atoms with Crippen LogP contribution in [-0.2, 0) is 0 Å². The lowest BCUT2D eigenvalue weighted by Gasteiger charge is -2.21. The summed E-state index contributed by atoms with van der Waals surface area (Å²) in [4.78, 5) is 0. The van der Waals surface area contributed by atoms with Crippen LogP contribution in [0.1, 0.15) is 28.3 Å². The van der Waals surface area contributed by atoms with E-state index in [1.54, 1.807) is 7.11 Å². The first-order valence-corrected chi connectivity index (χ1v) is 7.51. The molecule has 2 rings (SSSR count). The largest absolute Gasteiger partial charge is 0.496 e. The van der Waals surface area contributed by atoms with Crippen LogP contribution in [0, 0.1) is 17.4 Å². The molecule has 0 aromatic heterocycles. The Morgan fingerprint density at radius 2 is 1.90 bits per heavy atom. The van der Waals surface area contributed by atoms with E-state index in [4.69, 9.17) is 10.6 Å². The molecule has 0 radical (unpaired) electrons. The zero-order valence-electron chi connectivity index (χ0n) is 11.9. The number of hydrazine groups is 1. The first-order valence-electron chi connectivity index (χ1n) is 6.43. The van der Waals surface area contributed by atoms with Crippen LogP contribution in [0.4, 0.5) is 0 Å². The van der Waals surface area contributed by atoms with Crippen molar-refractivity contribution in [2.24, 2.45) is 5.84 Å². The van der Waals surface area contributed by atoms with Gasteiger partial charge >= 0.3 is 0 Å². The minimum Gasteiger partial charge on any atom is -0.496 e. The monoisotopic (exact) mass is 382 g/mol. The maximum atomic E-state index is 5.79. The highest BCUT2D eigenvalue weighted by Crippen LogP contribution is 2.30. The van der Waals surface area contributed by atoms with Gasteiger partial charge in [0.25, 0.3) is 0 Å². The van der Waals surface area contributed by atoms with Crippen molar-refractivity contribution in [2.75, 3.05) is 7.11 Å². The molecule has 2 aromatic carbocycles. The van der Waals surface area contributed by atoms with Crippen LogP contribution in [0.5, 0.6) is 5.75 Å². The minimum atomic E-state index is -0.0191. The predicted octanol–water partition coefficient (Wildman–Crippen LogP) is 3.47. The van der Waals surface area contributed by atoms with Gasteiger partial charge in [0.1, 0.15) is 5.75 Å². The number of aryl methyl sites for hydroxylation is 2. The van der Waals surface area contributed by atoms with Crippen LogP contribution in [0.3, 0.4) is 0 Å². The molecule has 0 saturated heterocycles. The van der Waals surface area contributed by atoms with Crippen molar-refractivity contribution in [3.05, 3.63) is 62.2 Å². The standard InChI is InChI=1S/C16H19IN2O/c1-10-8-15(20-3)11(2)7-14(10)16(19-18)12-5-4-6-13(17)9-12/h4-9,16,19H,18H2,1-3H3. The molecule has 3 nitrogen and oxygen atoms in total. The SMILES string of the molecule is COc1cc(C)c(C(NN)c2cccc(I)c2)cc1C. The van der Waals surface area contributed by atoms with E-state index in [1.165, 1.54) is 9.13 Å². The lowest BCUT2D eigenvalue weighted by molar-refractivity contribution is 0.411. The number of benzene rings is 2. The summed E-state index contributed by atoms with van der Waals surface area (Å²) in [6.45, 7) is 4.12. The van der Waals surface area contributed by atoms with Crippen molar-refractivity contribution >= 4 is 22.6 Å². The molecule has 0 spiro atoms. The molecule has 0 amide bonds. The molecule has 1 atom stereocenters. The fourth-order valence-corrected chi connectivity index (χ4v) is 2.96. The lowest BCUT2D eigenvalue weighted by Crippen LogP contribution is -2.29. The highest BCUT2D eigenvalue weighted by atomic mass is 127. The maximum Gasteiger partial charge on any atom is 0.122 e. The molecule has 0 heterocycles. The van der Waals surface area contributed by atoms with Crippen molar-refractivity contribution in [1.29, 1.82) is 0 Å². The molecule has 2 aromatic rings. The van der Waals surface area contributed by atoms with Crippen molar-refractivity contribution in [2.45, 2.75) is 19.9 Å². The molecule has 20 heavy (non-hydrogen) atoms. The summed E-state index contributed by atoms with van der Waals surface area (Å²) in [5.41, 5.74) is 7.53. The number of methoxy groups -OCH3 is 1. The topological polar surface area (TPSA) is 47.3 Å². The summed E-state index contributed by atoms with van der Waals surface area (Å²) < 4.78 is 6.56. The molecule has 0 aliphatic heterocycles. The molecule has 0 bridgehead atoms. The lowest BCUT2D eigenvalue weighted by atomic mass is 9.93. The molecule has 4 heteroatoms. The second kappa shape index (κ2) is 6.56. The Bertz CT molecular complexity index is 613. The molecular formula is C16H19IN2O. The number of rotatable bonds is 4. The third kappa shape index (κ3) is 3.13. The van der Waals surface area contributed by atoms with Gasteiger partial charge in [0, 0.05) is 3.57 Å². The molecule has 0 fully saturated rings. The first-order chi connectivity index (χ1) is 9.56. The van der Waals surface area contributed by atoms with E-state index in [2.05, 4.69) is 65.3 Å². The van der Waals surface area contributed by atoms with Gasteiger partial charge < -0.3 is 4.74 Å². The Labute approximate surface area is 133 Å². The summed E-state index contributed by atoms with van der Waals surface area (Å²) in [5.74, 6) is 6.70. The predicted molar refractivity (Wildman–Crippen MR) is 90.8 cm³/mol. The summed E-state index contributed by atoms with van der Waals surface area (Å²) in [6.07, 6.45) is 0. The number of halogens is 1. The van der Waals surface area contributed by atoms with Crippen LogP contribution >= 0.6 is 22.6 Å². The highest BCUT2D eigenvalue weighted by Gasteiger charge is 2.16. The fraction of sp³-hybridized carbons (Fsp3) is 0.250. The number of ether oxygens (including phenoxy) is 1. The van der Waals surface area contributed by atoms with E-state index < -0.39 is 0 Å². The number of hydrogen-bond acceptors (Lipinski definition) is 3. The first kappa shape index (κ1) is 15.3. The number of nitrogens with one attached hydrogen (secondary N) is 1. The van der Waals surface area contributed by atoms with Gasteiger partial charge in [0.15, 0.2) is 0 Å². The number of hydrogen-bond donors (Lipinski definition) is 2. The van der Waals surface area contributed by atoms with Crippen molar-refractivity contribution in [3.8, 4) is 5.75 Å². The van der Waals surface area contributed by atoms with Crippen molar-refractivity contribution < 1.29 is 4.74 Å². The second-order valence-electron chi connectivity index (χ2n) is 4.83.